The Morgan fingerprint density at radius 3 is 2.74 bits per heavy atom. The van der Waals surface area contributed by atoms with Crippen LogP contribution in [0.1, 0.15) is 31.5 Å². The van der Waals surface area contributed by atoms with E-state index in [1.54, 1.807) is 29.0 Å². The summed E-state index contributed by atoms with van der Waals surface area (Å²) >= 11 is 6.64. The summed E-state index contributed by atoms with van der Waals surface area (Å²) < 4.78 is 34.7. The van der Waals surface area contributed by atoms with Gasteiger partial charge in [-0.2, -0.15) is 0 Å². The van der Waals surface area contributed by atoms with Crippen molar-refractivity contribution < 1.29 is 18.0 Å². The third-order valence-corrected chi connectivity index (χ3v) is 6.74. The maximum atomic E-state index is 14.8. The Kier molecular flexibility index (Phi) is 5.60. The first-order valence-electron chi connectivity index (χ1n) is 11.1. The normalized spacial score (nSPS) is 19.1. The molecule has 34 heavy (non-hydrogen) atoms. The van der Waals surface area contributed by atoms with Crippen molar-refractivity contribution in [2.24, 2.45) is 0 Å². The van der Waals surface area contributed by atoms with Gasteiger partial charge in [0, 0.05) is 54.8 Å². The van der Waals surface area contributed by atoms with Crippen molar-refractivity contribution in [2.45, 2.75) is 26.2 Å². The van der Waals surface area contributed by atoms with Gasteiger partial charge in [-0.15, -0.1) is 0 Å². The van der Waals surface area contributed by atoms with E-state index in [0.717, 1.165) is 18.2 Å². The summed E-state index contributed by atoms with van der Waals surface area (Å²) in [5.41, 5.74) is 4.42. The first-order valence-corrected chi connectivity index (χ1v) is 11.4. The molecule has 8 heteroatoms. The molecule has 3 aliphatic rings. The van der Waals surface area contributed by atoms with E-state index in [1.165, 1.54) is 18.6 Å². The van der Waals surface area contributed by atoms with Gasteiger partial charge in [0.2, 0.25) is 0 Å². The van der Waals surface area contributed by atoms with Crippen LogP contribution >= 0.6 is 11.6 Å². The van der Waals surface area contributed by atoms with Crippen LogP contribution in [0.25, 0.3) is 11.1 Å². The van der Waals surface area contributed by atoms with Crippen molar-refractivity contribution in [1.29, 1.82) is 0 Å². The van der Waals surface area contributed by atoms with Crippen molar-refractivity contribution in [3.05, 3.63) is 94.0 Å². The van der Waals surface area contributed by atoms with E-state index >= 15 is 0 Å². The topological polar surface area (TPSA) is 52.5 Å². The molecule has 5 heterocycles. The van der Waals surface area contributed by atoms with Gasteiger partial charge < -0.3 is 19.2 Å². The zero-order valence-corrected chi connectivity index (χ0v) is 19.6. The Labute approximate surface area is 201 Å². The molecule has 176 valence electrons. The Morgan fingerprint density at radius 2 is 2.12 bits per heavy atom. The number of furan rings is 1. The van der Waals surface area contributed by atoms with Gasteiger partial charge in [-0.25, -0.2) is 8.78 Å². The van der Waals surface area contributed by atoms with Gasteiger partial charge in [0.1, 0.15) is 0 Å². The fraction of sp³-hybridized carbons (Fsp3) is 0.269. The van der Waals surface area contributed by atoms with E-state index in [9.17, 15) is 13.6 Å². The summed E-state index contributed by atoms with van der Waals surface area (Å²) in [6, 6.07) is 5.66. The average molecular weight is 484 g/mol. The Balaban J connectivity index is 1.48. The molecule has 0 saturated carbocycles. The highest BCUT2D eigenvalue weighted by Crippen LogP contribution is 2.44. The van der Waals surface area contributed by atoms with Crippen LogP contribution < -0.4 is 0 Å². The number of carbonyl (C=O) groups is 1. The number of allylic oxidation sites excluding steroid dienone is 3. The van der Waals surface area contributed by atoms with Crippen LogP contribution in [0.5, 0.6) is 0 Å². The van der Waals surface area contributed by atoms with Crippen LogP contribution in [0.4, 0.5) is 8.78 Å². The molecule has 0 bridgehead atoms. The second-order valence-electron chi connectivity index (χ2n) is 8.74. The van der Waals surface area contributed by atoms with Crippen molar-refractivity contribution in [3.8, 4) is 0 Å². The standard InChI is InChI=1S/C26H24ClF2N3O2/c1-16-23(25(33)31-9-5-17(6-10-31)22-4-3-8-30-22)21(27)14-32-13-19(18-7-11-34-15-18)12-20(24(16)32)26(2,28)29/h3-5,7-8,11-13,15,30H,6,9-10,14H2,1-2H3. The van der Waals surface area contributed by atoms with Gasteiger partial charge in [0.25, 0.3) is 11.8 Å². The minimum atomic E-state index is -3.12. The number of fused-ring (bicyclic) bond motifs is 1. The second-order valence-corrected chi connectivity index (χ2v) is 9.19. The van der Waals surface area contributed by atoms with E-state index in [1.807, 2.05) is 24.4 Å². The number of carbonyl (C=O) groups excluding carboxylic acids is 1. The molecule has 0 fully saturated rings. The van der Waals surface area contributed by atoms with Gasteiger partial charge in [-0.1, -0.05) is 17.7 Å². The molecular formula is C26H24ClF2N3O2. The highest BCUT2D eigenvalue weighted by atomic mass is 35.5. The van der Waals surface area contributed by atoms with Gasteiger partial charge in [0.15, 0.2) is 0 Å². The van der Waals surface area contributed by atoms with Crippen LogP contribution in [-0.2, 0) is 4.79 Å². The number of hydrogen-bond donors (Lipinski definition) is 1. The third-order valence-electron chi connectivity index (χ3n) is 6.43. The lowest BCUT2D eigenvalue weighted by atomic mass is 9.88. The molecule has 0 saturated heterocycles. The van der Waals surface area contributed by atoms with Gasteiger partial charge in [-0.3, -0.25) is 4.79 Å². The number of aromatic amines is 1. The highest BCUT2D eigenvalue weighted by Gasteiger charge is 2.40. The zero-order chi connectivity index (χ0) is 24.0. The molecule has 5 rings (SSSR count). The number of nitrogens with one attached hydrogen (secondary N) is 1. The van der Waals surface area contributed by atoms with Crippen molar-refractivity contribution in [2.75, 3.05) is 19.6 Å². The molecule has 0 atom stereocenters. The fourth-order valence-electron chi connectivity index (χ4n) is 4.72. The van der Waals surface area contributed by atoms with E-state index in [0.29, 0.717) is 52.5 Å². The summed E-state index contributed by atoms with van der Waals surface area (Å²) in [5, 5.41) is 0.342. The lowest BCUT2D eigenvalue weighted by Gasteiger charge is -2.38. The molecule has 0 aromatic carbocycles. The molecule has 1 amide bonds. The number of halogens is 3. The van der Waals surface area contributed by atoms with Crippen molar-refractivity contribution in [3.63, 3.8) is 0 Å². The van der Waals surface area contributed by atoms with E-state index in [2.05, 4.69) is 4.98 Å². The average Bonchev–Trinajstić information content (AvgIpc) is 3.52. The van der Waals surface area contributed by atoms with Crippen LogP contribution in [0.2, 0.25) is 0 Å². The zero-order valence-electron chi connectivity index (χ0n) is 18.9. The molecule has 0 unspecified atom stereocenters. The lowest BCUT2D eigenvalue weighted by molar-refractivity contribution is -0.126. The maximum Gasteiger partial charge on any atom is 0.272 e. The number of H-pyrrole nitrogens is 1. The SMILES string of the molecule is CC1=C2C(C(C)(F)F)=CC(c3ccoc3)=CN2CC(Cl)=C1C(=O)N1CC=C(c2ccc[nH]2)CC1. The minimum absolute atomic E-state index is 0.140. The number of nitrogens with zero attached hydrogens (tertiary/aromatic N) is 2. The number of aromatic nitrogens is 1. The quantitative estimate of drug-likeness (QED) is 0.585. The number of rotatable bonds is 4. The predicted octanol–water partition coefficient (Wildman–Crippen LogP) is 5.94. The summed E-state index contributed by atoms with van der Waals surface area (Å²) in [6.45, 7) is 3.67. The minimum Gasteiger partial charge on any atom is -0.472 e. The smallest absolute Gasteiger partial charge is 0.272 e. The summed E-state index contributed by atoms with van der Waals surface area (Å²) in [4.78, 5) is 20.1. The first kappa shape index (κ1) is 22.5. The molecule has 2 aromatic rings. The molecule has 3 aliphatic heterocycles. The number of alkyl halides is 2. The second kappa shape index (κ2) is 8.47. The Bertz CT molecular complexity index is 1280. The monoisotopic (exact) mass is 483 g/mol. The van der Waals surface area contributed by atoms with Crippen LogP contribution in [0, 0.1) is 0 Å². The maximum absolute atomic E-state index is 14.8. The van der Waals surface area contributed by atoms with Gasteiger partial charge in [0.05, 0.1) is 35.4 Å². The van der Waals surface area contributed by atoms with E-state index < -0.39 is 5.92 Å². The Morgan fingerprint density at radius 1 is 1.29 bits per heavy atom. The molecule has 1 N–H and O–H groups in total. The molecule has 0 spiro atoms. The lowest BCUT2D eigenvalue weighted by Crippen LogP contribution is -2.40. The van der Waals surface area contributed by atoms with Crippen molar-refractivity contribution in [1.82, 2.24) is 14.8 Å². The highest BCUT2D eigenvalue weighted by molar-refractivity contribution is 6.33. The summed E-state index contributed by atoms with van der Waals surface area (Å²) in [7, 11) is 0. The predicted molar refractivity (Wildman–Crippen MR) is 128 cm³/mol. The largest absolute Gasteiger partial charge is 0.472 e. The van der Waals surface area contributed by atoms with Gasteiger partial charge >= 0.3 is 0 Å². The molecule has 2 aromatic heterocycles. The first-order chi connectivity index (χ1) is 16.2. The molecule has 5 nitrogen and oxygen atoms in total. The summed E-state index contributed by atoms with van der Waals surface area (Å²) in [5.74, 6) is -3.35. The van der Waals surface area contributed by atoms with Crippen LogP contribution in [-0.4, -0.2) is 46.2 Å². The van der Waals surface area contributed by atoms with Crippen LogP contribution in [0.15, 0.2) is 87.1 Å². The molecule has 0 aliphatic carbocycles. The third kappa shape index (κ3) is 3.94. The van der Waals surface area contributed by atoms with E-state index in [-0.39, 0.29) is 18.0 Å². The van der Waals surface area contributed by atoms with Gasteiger partial charge in [-0.05, 0) is 48.8 Å². The molecule has 0 radical (unpaired) electrons. The van der Waals surface area contributed by atoms with Crippen LogP contribution in [0.3, 0.4) is 0 Å². The fourth-order valence-corrected chi connectivity index (χ4v) is 5.08. The summed E-state index contributed by atoms with van der Waals surface area (Å²) in [6.07, 6.45) is 10.8. The van der Waals surface area contributed by atoms with E-state index in [4.69, 9.17) is 16.0 Å². The molecular weight excluding hydrogens is 460 g/mol. The van der Waals surface area contributed by atoms with Crippen molar-refractivity contribution >= 4 is 28.7 Å². The Hall–Kier alpha value is -3.32. The number of hydrogen-bond acceptors (Lipinski definition) is 3. The number of amides is 1.